The van der Waals surface area contributed by atoms with Crippen LogP contribution in [0.5, 0.6) is 5.75 Å². The molecule has 33 heavy (non-hydrogen) atoms. The SMILES string of the molecule is COCCCCC[Si]1CCC(c2cc(F)c(-c3ccc(OCC(F)F)c(F)c3)c(F)c2)CC1. The standard InChI is InChI=1S/C25H30F5O2Si/c1-31-9-3-2-4-10-33-11-7-17(8-12-33)19-14-21(27)25(22(28)15-19)18-5-6-23(20(26)13-18)32-16-24(29)30/h5-6,13-15,17,24H,2-4,7-12,16H2,1H3. The summed E-state index contributed by atoms with van der Waals surface area (Å²) in [4.78, 5) is 0. The van der Waals surface area contributed by atoms with E-state index in [9.17, 15) is 22.0 Å². The van der Waals surface area contributed by atoms with Crippen molar-refractivity contribution < 1.29 is 31.4 Å². The first-order valence-corrected chi connectivity index (χ1v) is 13.5. The first kappa shape index (κ1) is 25.7. The van der Waals surface area contributed by atoms with Crippen LogP contribution < -0.4 is 4.74 Å². The molecule has 181 valence electrons. The zero-order valence-corrected chi connectivity index (χ0v) is 19.8. The molecule has 0 spiro atoms. The first-order chi connectivity index (χ1) is 15.9. The molecule has 0 saturated carbocycles. The fourth-order valence-corrected chi connectivity index (χ4v) is 7.45. The van der Waals surface area contributed by atoms with Crippen molar-refractivity contribution >= 4 is 8.80 Å². The highest BCUT2D eigenvalue weighted by Crippen LogP contribution is 2.38. The van der Waals surface area contributed by atoms with E-state index in [2.05, 4.69) is 4.74 Å². The predicted octanol–water partition coefficient (Wildman–Crippen LogP) is 7.60. The zero-order chi connectivity index (χ0) is 23.8. The Bertz CT molecular complexity index is 877. The highest BCUT2D eigenvalue weighted by Gasteiger charge is 2.25. The quantitative estimate of drug-likeness (QED) is 0.185. The summed E-state index contributed by atoms with van der Waals surface area (Å²) in [7, 11) is 1.32. The number of alkyl halides is 2. The monoisotopic (exact) mass is 485 g/mol. The number of rotatable bonds is 11. The number of hydrogen-bond donors (Lipinski definition) is 0. The van der Waals surface area contributed by atoms with E-state index in [1.165, 1.54) is 37.1 Å². The van der Waals surface area contributed by atoms with E-state index in [-0.39, 0.29) is 22.8 Å². The molecule has 0 bridgehead atoms. The molecule has 0 N–H and O–H groups in total. The van der Waals surface area contributed by atoms with Crippen molar-refractivity contribution in [3.63, 3.8) is 0 Å². The molecule has 0 aliphatic carbocycles. The van der Waals surface area contributed by atoms with Crippen LogP contribution in [-0.4, -0.2) is 35.5 Å². The third-order valence-corrected chi connectivity index (χ3v) is 9.24. The highest BCUT2D eigenvalue weighted by molar-refractivity contribution is 6.59. The second-order valence-electron chi connectivity index (χ2n) is 8.53. The lowest BCUT2D eigenvalue weighted by molar-refractivity contribution is 0.0799. The third-order valence-electron chi connectivity index (χ3n) is 6.19. The molecule has 1 aliphatic heterocycles. The van der Waals surface area contributed by atoms with E-state index in [1.807, 2.05) is 0 Å². The van der Waals surface area contributed by atoms with Gasteiger partial charge in [-0.25, -0.2) is 22.0 Å². The molecule has 1 aliphatic rings. The van der Waals surface area contributed by atoms with Crippen LogP contribution in [0.25, 0.3) is 11.1 Å². The topological polar surface area (TPSA) is 18.5 Å². The van der Waals surface area contributed by atoms with E-state index in [0.29, 0.717) is 5.56 Å². The maximum atomic E-state index is 14.9. The summed E-state index contributed by atoms with van der Waals surface area (Å²) in [6.07, 6.45) is 2.63. The fraction of sp³-hybridized carbons (Fsp3) is 0.520. The summed E-state index contributed by atoms with van der Waals surface area (Å²) in [6, 6.07) is 9.57. The van der Waals surface area contributed by atoms with E-state index in [1.54, 1.807) is 7.11 Å². The molecule has 2 aromatic rings. The van der Waals surface area contributed by atoms with Gasteiger partial charge in [-0.15, -0.1) is 0 Å². The van der Waals surface area contributed by atoms with E-state index < -0.39 is 39.3 Å². The Kier molecular flexibility index (Phi) is 9.74. The highest BCUT2D eigenvalue weighted by atomic mass is 28.3. The van der Waals surface area contributed by atoms with Crippen molar-refractivity contribution in [2.24, 2.45) is 0 Å². The van der Waals surface area contributed by atoms with Gasteiger partial charge in [0.2, 0.25) is 0 Å². The number of benzene rings is 2. The van der Waals surface area contributed by atoms with Crippen LogP contribution in [-0.2, 0) is 4.74 Å². The van der Waals surface area contributed by atoms with Crippen LogP contribution in [0.1, 0.15) is 43.6 Å². The molecule has 1 heterocycles. The van der Waals surface area contributed by atoms with Crippen molar-refractivity contribution in [3.8, 4) is 16.9 Å². The van der Waals surface area contributed by atoms with Gasteiger partial charge in [-0.3, -0.25) is 0 Å². The minimum absolute atomic E-state index is 0.000982. The summed E-state index contributed by atoms with van der Waals surface area (Å²) >= 11 is 0. The second-order valence-corrected chi connectivity index (χ2v) is 11.5. The maximum Gasteiger partial charge on any atom is 0.272 e. The molecule has 0 unspecified atom stereocenters. The van der Waals surface area contributed by atoms with E-state index >= 15 is 0 Å². The number of ether oxygens (including phenoxy) is 2. The number of hydrogen-bond acceptors (Lipinski definition) is 2. The molecule has 2 nitrogen and oxygen atoms in total. The van der Waals surface area contributed by atoms with Crippen LogP contribution in [0.15, 0.2) is 30.3 Å². The average molecular weight is 486 g/mol. The molecule has 0 atom stereocenters. The molecular weight excluding hydrogens is 455 g/mol. The molecule has 3 rings (SSSR count). The third kappa shape index (κ3) is 7.27. The van der Waals surface area contributed by atoms with E-state index in [0.717, 1.165) is 50.1 Å². The molecule has 8 heteroatoms. The van der Waals surface area contributed by atoms with Gasteiger partial charge in [0, 0.05) is 22.5 Å². The van der Waals surface area contributed by atoms with Gasteiger partial charge in [0.05, 0.1) is 5.56 Å². The van der Waals surface area contributed by atoms with Crippen molar-refractivity contribution in [2.45, 2.75) is 62.6 Å². The Labute approximate surface area is 193 Å². The van der Waals surface area contributed by atoms with Gasteiger partial charge >= 0.3 is 0 Å². The summed E-state index contributed by atoms with van der Waals surface area (Å²) in [5.41, 5.74) is 0.322. The van der Waals surface area contributed by atoms with E-state index in [4.69, 9.17) is 4.74 Å². The average Bonchev–Trinajstić information content (AvgIpc) is 2.78. The van der Waals surface area contributed by atoms with Crippen molar-refractivity contribution in [1.82, 2.24) is 0 Å². The van der Waals surface area contributed by atoms with Crippen LogP contribution in [0, 0.1) is 17.5 Å². The Morgan fingerprint density at radius 2 is 1.64 bits per heavy atom. The normalized spacial score (nSPS) is 15.4. The minimum Gasteiger partial charge on any atom is -0.485 e. The Morgan fingerprint density at radius 1 is 0.939 bits per heavy atom. The smallest absolute Gasteiger partial charge is 0.272 e. The molecule has 2 aromatic carbocycles. The summed E-state index contributed by atoms with van der Waals surface area (Å²) in [5, 5.41) is 0. The molecule has 0 amide bonds. The zero-order valence-electron chi connectivity index (χ0n) is 18.8. The number of methoxy groups -OCH3 is 1. The summed E-state index contributed by atoms with van der Waals surface area (Å²) in [5.74, 6) is -2.69. The molecular formula is C25H30F5O2Si. The largest absolute Gasteiger partial charge is 0.485 e. The number of unbranched alkanes of at least 4 members (excludes halogenated alkanes) is 2. The van der Waals surface area contributed by atoms with Gasteiger partial charge in [-0.2, -0.15) is 0 Å². The Balaban J connectivity index is 1.62. The predicted molar refractivity (Wildman–Crippen MR) is 121 cm³/mol. The van der Waals surface area contributed by atoms with Crippen LogP contribution in [0.2, 0.25) is 18.1 Å². The maximum absolute atomic E-state index is 14.9. The van der Waals surface area contributed by atoms with Crippen molar-refractivity contribution in [3.05, 3.63) is 53.3 Å². The fourth-order valence-electron chi connectivity index (χ4n) is 4.44. The second kappa shape index (κ2) is 12.5. The lowest BCUT2D eigenvalue weighted by Crippen LogP contribution is -2.20. The van der Waals surface area contributed by atoms with Crippen molar-refractivity contribution in [2.75, 3.05) is 20.3 Å². The number of halogens is 5. The van der Waals surface area contributed by atoms with Gasteiger partial charge in [-0.05, 0) is 60.6 Å². The van der Waals surface area contributed by atoms with Gasteiger partial charge in [0.1, 0.15) is 18.2 Å². The van der Waals surface area contributed by atoms with Gasteiger partial charge in [-0.1, -0.05) is 37.0 Å². The van der Waals surface area contributed by atoms with Crippen LogP contribution >= 0.6 is 0 Å². The van der Waals surface area contributed by atoms with Crippen molar-refractivity contribution in [1.29, 1.82) is 0 Å². The van der Waals surface area contributed by atoms with Gasteiger partial charge < -0.3 is 9.47 Å². The Hall–Kier alpha value is -1.93. The van der Waals surface area contributed by atoms with Crippen LogP contribution in [0.3, 0.4) is 0 Å². The summed E-state index contributed by atoms with van der Waals surface area (Å²) in [6.45, 7) is -0.146. The molecule has 0 aromatic heterocycles. The van der Waals surface area contributed by atoms with Gasteiger partial charge in [0.25, 0.3) is 6.43 Å². The molecule has 1 radical (unpaired) electrons. The first-order valence-electron chi connectivity index (χ1n) is 11.4. The lowest BCUT2D eigenvalue weighted by Gasteiger charge is -2.28. The van der Waals surface area contributed by atoms with Gasteiger partial charge in [0.15, 0.2) is 11.6 Å². The Morgan fingerprint density at radius 3 is 2.24 bits per heavy atom. The molecule has 1 saturated heterocycles. The molecule has 1 fully saturated rings. The van der Waals surface area contributed by atoms with Crippen LogP contribution in [0.4, 0.5) is 22.0 Å². The summed E-state index contributed by atoms with van der Waals surface area (Å²) < 4.78 is 78.2. The minimum atomic E-state index is -2.75. The lowest BCUT2D eigenvalue weighted by atomic mass is 9.91.